The predicted octanol–water partition coefficient (Wildman–Crippen LogP) is 1.77. The highest BCUT2D eigenvalue weighted by atomic mass is 35.5. The summed E-state index contributed by atoms with van der Waals surface area (Å²) in [4.78, 5) is 6.71. The lowest BCUT2D eigenvalue weighted by Gasteiger charge is -2.34. The van der Waals surface area contributed by atoms with Crippen molar-refractivity contribution in [1.29, 1.82) is 0 Å². The van der Waals surface area contributed by atoms with E-state index in [0.717, 1.165) is 30.3 Å². The van der Waals surface area contributed by atoms with Gasteiger partial charge in [0.05, 0.1) is 16.5 Å². The molecule has 0 radical (unpaired) electrons. The van der Waals surface area contributed by atoms with Crippen LogP contribution in [0, 0.1) is 12.8 Å². The standard InChI is InChI=1S/C13H22ClN3O2S2/c1-11(7-14)10-21(18,19)17-5-3-16(4-6-17)8-13-9-20-12(2)15-13/h9,11H,3-8,10H2,1-2H3. The first-order chi connectivity index (χ1) is 9.90. The second kappa shape index (κ2) is 7.37. The molecule has 0 amide bonds. The molecular weight excluding hydrogens is 330 g/mol. The number of rotatable bonds is 6. The van der Waals surface area contributed by atoms with Crippen molar-refractivity contribution in [2.45, 2.75) is 20.4 Å². The third-order valence-corrected chi connectivity index (χ3v) is 7.03. The molecule has 0 aliphatic carbocycles. The number of sulfonamides is 1. The Morgan fingerprint density at radius 3 is 2.57 bits per heavy atom. The molecular formula is C13H22ClN3O2S2. The van der Waals surface area contributed by atoms with Crippen LogP contribution in [-0.4, -0.2) is 60.4 Å². The van der Waals surface area contributed by atoms with Gasteiger partial charge in [-0.2, -0.15) is 4.31 Å². The molecule has 0 aromatic carbocycles. The number of piperazine rings is 1. The molecule has 1 atom stereocenters. The van der Waals surface area contributed by atoms with Crippen molar-refractivity contribution in [2.75, 3.05) is 37.8 Å². The maximum Gasteiger partial charge on any atom is 0.214 e. The van der Waals surface area contributed by atoms with Crippen LogP contribution in [0.15, 0.2) is 5.38 Å². The maximum absolute atomic E-state index is 12.3. The van der Waals surface area contributed by atoms with E-state index in [-0.39, 0.29) is 11.7 Å². The summed E-state index contributed by atoms with van der Waals surface area (Å²) in [6.45, 7) is 7.29. The van der Waals surface area contributed by atoms with Gasteiger partial charge in [0.15, 0.2) is 0 Å². The fourth-order valence-electron chi connectivity index (χ4n) is 2.39. The summed E-state index contributed by atoms with van der Waals surface area (Å²) in [7, 11) is -3.18. The SMILES string of the molecule is Cc1nc(CN2CCN(S(=O)(=O)CC(C)CCl)CC2)cs1. The van der Waals surface area contributed by atoms with Crippen LogP contribution in [0.1, 0.15) is 17.6 Å². The van der Waals surface area contributed by atoms with Gasteiger partial charge in [-0.15, -0.1) is 22.9 Å². The summed E-state index contributed by atoms with van der Waals surface area (Å²) in [6, 6.07) is 0. The summed E-state index contributed by atoms with van der Waals surface area (Å²) >= 11 is 7.37. The summed E-state index contributed by atoms with van der Waals surface area (Å²) in [5, 5.41) is 3.14. The zero-order valence-electron chi connectivity index (χ0n) is 12.5. The van der Waals surface area contributed by atoms with Crippen LogP contribution in [0.5, 0.6) is 0 Å². The smallest absolute Gasteiger partial charge is 0.214 e. The Bertz CT molecular complexity index is 554. The van der Waals surface area contributed by atoms with Gasteiger partial charge in [0, 0.05) is 44.0 Å². The van der Waals surface area contributed by atoms with Crippen molar-refractivity contribution in [3.05, 3.63) is 16.1 Å². The fourth-order valence-corrected chi connectivity index (χ4v) is 4.99. The molecule has 21 heavy (non-hydrogen) atoms. The summed E-state index contributed by atoms with van der Waals surface area (Å²) < 4.78 is 26.1. The van der Waals surface area contributed by atoms with Gasteiger partial charge < -0.3 is 0 Å². The molecule has 0 spiro atoms. The van der Waals surface area contributed by atoms with Crippen molar-refractivity contribution in [2.24, 2.45) is 5.92 Å². The van der Waals surface area contributed by atoms with Gasteiger partial charge in [-0.3, -0.25) is 4.90 Å². The first kappa shape index (κ1) is 17.1. The molecule has 1 unspecified atom stereocenters. The molecule has 2 rings (SSSR count). The van der Waals surface area contributed by atoms with Gasteiger partial charge in [0.1, 0.15) is 0 Å². The Morgan fingerprint density at radius 2 is 2.05 bits per heavy atom. The van der Waals surface area contributed by atoms with Crippen molar-refractivity contribution in [3.63, 3.8) is 0 Å². The van der Waals surface area contributed by atoms with E-state index < -0.39 is 10.0 Å². The summed E-state index contributed by atoms with van der Waals surface area (Å²) in [5.41, 5.74) is 1.07. The average molecular weight is 352 g/mol. The average Bonchev–Trinajstić information content (AvgIpc) is 2.84. The van der Waals surface area contributed by atoms with E-state index in [1.54, 1.807) is 15.6 Å². The molecule has 5 nitrogen and oxygen atoms in total. The van der Waals surface area contributed by atoms with Crippen molar-refractivity contribution in [3.8, 4) is 0 Å². The molecule has 0 N–H and O–H groups in total. The van der Waals surface area contributed by atoms with Crippen molar-refractivity contribution < 1.29 is 8.42 Å². The molecule has 1 aliphatic heterocycles. The lowest BCUT2D eigenvalue weighted by molar-refractivity contribution is 0.180. The number of hydrogen-bond donors (Lipinski definition) is 0. The number of halogens is 1. The van der Waals surface area contributed by atoms with Gasteiger partial charge >= 0.3 is 0 Å². The van der Waals surface area contributed by atoms with Gasteiger partial charge in [-0.05, 0) is 12.8 Å². The fraction of sp³-hybridized carbons (Fsp3) is 0.769. The number of nitrogens with zero attached hydrogens (tertiary/aromatic N) is 3. The Balaban J connectivity index is 1.85. The minimum atomic E-state index is -3.18. The van der Waals surface area contributed by atoms with Crippen molar-refractivity contribution >= 4 is 33.0 Å². The number of aryl methyl sites for hydroxylation is 1. The van der Waals surface area contributed by atoms with E-state index >= 15 is 0 Å². The molecule has 120 valence electrons. The normalized spacial score (nSPS) is 19.8. The van der Waals surface area contributed by atoms with Crippen LogP contribution < -0.4 is 0 Å². The Morgan fingerprint density at radius 1 is 1.38 bits per heavy atom. The van der Waals surface area contributed by atoms with E-state index in [1.165, 1.54) is 0 Å². The third kappa shape index (κ3) is 4.89. The zero-order chi connectivity index (χ0) is 15.5. The van der Waals surface area contributed by atoms with Crippen LogP contribution in [0.3, 0.4) is 0 Å². The Labute approximate surface area is 136 Å². The van der Waals surface area contributed by atoms with E-state index in [0.29, 0.717) is 19.0 Å². The molecule has 1 aromatic rings. The largest absolute Gasteiger partial charge is 0.295 e. The van der Waals surface area contributed by atoms with Gasteiger partial charge in [0.2, 0.25) is 10.0 Å². The molecule has 1 aromatic heterocycles. The minimum absolute atomic E-state index is 0.00678. The third-order valence-electron chi connectivity index (χ3n) is 3.54. The van der Waals surface area contributed by atoms with Crippen LogP contribution in [-0.2, 0) is 16.6 Å². The van der Waals surface area contributed by atoms with Gasteiger partial charge in [-0.25, -0.2) is 13.4 Å². The van der Waals surface area contributed by atoms with Gasteiger partial charge in [0.25, 0.3) is 0 Å². The molecule has 0 saturated carbocycles. The molecule has 2 heterocycles. The lowest BCUT2D eigenvalue weighted by atomic mass is 10.3. The zero-order valence-corrected chi connectivity index (χ0v) is 14.8. The molecule has 1 aliphatic rings. The second-order valence-electron chi connectivity index (χ2n) is 5.57. The van der Waals surface area contributed by atoms with E-state index in [4.69, 9.17) is 11.6 Å². The lowest BCUT2D eigenvalue weighted by Crippen LogP contribution is -2.49. The highest BCUT2D eigenvalue weighted by Gasteiger charge is 2.28. The molecule has 1 saturated heterocycles. The van der Waals surface area contributed by atoms with Crippen LogP contribution in [0.2, 0.25) is 0 Å². The van der Waals surface area contributed by atoms with E-state index in [9.17, 15) is 8.42 Å². The van der Waals surface area contributed by atoms with E-state index in [2.05, 4.69) is 15.3 Å². The molecule has 8 heteroatoms. The minimum Gasteiger partial charge on any atom is -0.295 e. The van der Waals surface area contributed by atoms with Crippen LogP contribution >= 0.6 is 22.9 Å². The Kier molecular flexibility index (Phi) is 6.02. The highest BCUT2D eigenvalue weighted by Crippen LogP contribution is 2.15. The number of thiazole rings is 1. The quantitative estimate of drug-likeness (QED) is 0.733. The highest BCUT2D eigenvalue weighted by molar-refractivity contribution is 7.89. The molecule has 0 bridgehead atoms. The number of hydrogen-bond acceptors (Lipinski definition) is 5. The van der Waals surface area contributed by atoms with Crippen LogP contribution in [0.25, 0.3) is 0 Å². The summed E-state index contributed by atoms with van der Waals surface area (Å²) in [5.74, 6) is 0.511. The predicted molar refractivity (Wildman–Crippen MR) is 87.4 cm³/mol. The summed E-state index contributed by atoms with van der Waals surface area (Å²) in [6.07, 6.45) is 0. The number of alkyl halides is 1. The first-order valence-electron chi connectivity index (χ1n) is 7.08. The molecule has 1 fully saturated rings. The monoisotopic (exact) mass is 351 g/mol. The van der Waals surface area contributed by atoms with E-state index in [1.807, 2.05) is 13.8 Å². The number of aromatic nitrogens is 1. The maximum atomic E-state index is 12.3. The van der Waals surface area contributed by atoms with Crippen molar-refractivity contribution in [1.82, 2.24) is 14.2 Å². The first-order valence-corrected chi connectivity index (χ1v) is 10.1. The second-order valence-corrected chi connectivity index (χ2v) is 8.96. The topological polar surface area (TPSA) is 53.5 Å². The Hall–Kier alpha value is -0.210. The van der Waals surface area contributed by atoms with Gasteiger partial charge in [-0.1, -0.05) is 6.92 Å². The van der Waals surface area contributed by atoms with Crippen LogP contribution in [0.4, 0.5) is 0 Å².